The molecule has 5 nitrogen and oxygen atoms in total. The summed E-state index contributed by atoms with van der Waals surface area (Å²) in [5.74, 6) is 1.70. The molecule has 1 aliphatic heterocycles. The number of ether oxygens (including phenoxy) is 1. The van der Waals surface area contributed by atoms with Crippen LogP contribution in [0, 0.1) is 6.92 Å². The van der Waals surface area contributed by atoms with Crippen LogP contribution in [0.2, 0.25) is 10.0 Å². The molecule has 1 aromatic heterocycles. The minimum Gasteiger partial charge on any atom is -0.485 e. The third-order valence-electron chi connectivity index (χ3n) is 5.39. The second-order valence-corrected chi connectivity index (χ2v) is 8.45. The van der Waals surface area contributed by atoms with Crippen LogP contribution in [0.3, 0.4) is 0 Å². The van der Waals surface area contributed by atoms with Crippen LogP contribution in [0.1, 0.15) is 27.4 Å². The van der Waals surface area contributed by atoms with Gasteiger partial charge in [-0.1, -0.05) is 47.5 Å². The Balaban J connectivity index is 1.28. The van der Waals surface area contributed by atoms with Crippen molar-refractivity contribution in [2.24, 2.45) is 0 Å². The molecule has 7 heteroatoms. The lowest BCUT2D eigenvalue weighted by Gasteiger charge is -2.34. The van der Waals surface area contributed by atoms with Crippen molar-refractivity contribution < 1.29 is 13.9 Å². The van der Waals surface area contributed by atoms with Crippen molar-refractivity contribution in [3.05, 3.63) is 87.3 Å². The van der Waals surface area contributed by atoms with Gasteiger partial charge in [0.25, 0.3) is 5.91 Å². The first kappa shape index (κ1) is 21.8. The Morgan fingerprint density at radius 1 is 1.00 bits per heavy atom. The molecular formula is C24H24Cl2N2O3. The van der Waals surface area contributed by atoms with E-state index in [1.54, 1.807) is 12.1 Å². The summed E-state index contributed by atoms with van der Waals surface area (Å²) in [4.78, 5) is 17.0. The zero-order chi connectivity index (χ0) is 21.8. The lowest BCUT2D eigenvalue weighted by molar-refractivity contribution is 0.0594. The molecule has 0 N–H and O–H groups in total. The van der Waals surface area contributed by atoms with Crippen LogP contribution in [0.4, 0.5) is 0 Å². The quantitative estimate of drug-likeness (QED) is 0.493. The number of para-hydroxylation sites is 1. The summed E-state index contributed by atoms with van der Waals surface area (Å²) in [6.07, 6.45) is 0. The van der Waals surface area contributed by atoms with Crippen molar-refractivity contribution >= 4 is 29.1 Å². The van der Waals surface area contributed by atoms with Gasteiger partial charge in [-0.3, -0.25) is 9.69 Å². The SMILES string of the molecule is Cc1ccccc1OCc1ccc(C(=O)N2CCN(Cc3ccc(Cl)c(Cl)c3)CC2)o1. The smallest absolute Gasteiger partial charge is 0.289 e. The molecule has 3 aromatic rings. The fourth-order valence-electron chi connectivity index (χ4n) is 3.60. The molecule has 0 aliphatic carbocycles. The highest BCUT2D eigenvalue weighted by atomic mass is 35.5. The Morgan fingerprint density at radius 3 is 2.52 bits per heavy atom. The summed E-state index contributed by atoms with van der Waals surface area (Å²) in [6.45, 7) is 5.93. The molecule has 31 heavy (non-hydrogen) atoms. The van der Waals surface area contributed by atoms with Gasteiger partial charge in [0.1, 0.15) is 18.1 Å². The van der Waals surface area contributed by atoms with Crippen molar-refractivity contribution in [3.8, 4) is 5.75 Å². The average molecular weight is 459 g/mol. The van der Waals surface area contributed by atoms with Gasteiger partial charge < -0.3 is 14.1 Å². The minimum absolute atomic E-state index is 0.0867. The Labute approximate surface area is 192 Å². The van der Waals surface area contributed by atoms with Gasteiger partial charge in [-0.05, 0) is 48.4 Å². The lowest BCUT2D eigenvalue weighted by atomic mass is 10.2. The summed E-state index contributed by atoms with van der Waals surface area (Å²) in [5, 5.41) is 1.12. The molecule has 1 amide bonds. The van der Waals surface area contributed by atoms with Gasteiger partial charge in [-0.15, -0.1) is 0 Å². The molecule has 162 valence electrons. The molecule has 0 unspecified atom stereocenters. The van der Waals surface area contributed by atoms with Crippen molar-refractivity contribution in [2.45, 2.75) is 20.1 Å². The van der Waals surface area contributed by atoms with E-state index in [4.69, 9.17) is 32.4 Å². The number of benzene rings is 2. The van der Waals surface area contributed by atoms with Gasteiger partial charge in [0.15, 0.2) is 5.76 Å². The lowest BCUT2D eigenvalue weighted by Crippen LogP contribution is -2.48. The summed E-state index contributed by atoms with van der Waals surface area (Å²) < 4.78 is 11.6. The molecule has 2 heterocycles. The van der Waals surface area contributed by atoms with Gasteiger partial charge in [-0.2, -0.15) is 0 Å². The predicted molar refractivity (Wildman–Crippen MR) is 122 cm³/mol. The van der Waals surface area contributed by atoms with Gasteiger partial charge in [0.2, 0.25) is 0 Å². The Bertz CT molecular complexity index is 1060. The van der Waals surface area contributed by atoms with Crippen molar-refractivity contribution in [1.29, 1.82) is 0 Å². The zero-order valence-electron chi connectivity index (χ0n) is 17.3. The van der Waals surface area contributed by atoms with Gasteiger partial charge in [0.05, 0.1) is 10.0 Å². The standard InChI is InChI=1S/C24H24Cl2N2O3/c1-17-4-2-3-5-22(17)30-16-19-7-9-23(31-19)24(29)28-12-10-27(11-13-28)15-18-6-8-20(25)21(26)14-18/h2-9,14H,10-13,15-16H2,1H3. The molecule has 1 fully saturated rings. The molecule has 2 aromatic carbocycles. The molecule has 1 aliphatic rings. The van der Waals surface area contributed by atoms with E-state index < -0.39 is 0 Å². The van der Waals surface area contributed by atoms with E-state index in [0.29, 0.717) is 34.7 Å². The summed E-state index contributed by atoms with van der Waals surface area (Å²) in [5.41, 5.74) is 2.17. The number of carbonyl (C=O) groups excluding carboxylic acids is 1. The normalized spacial score (nSPS) is 14.6. The fraction of sp³-hybridized carbons (Fsp3) is 0.292. The van der Waals surface area contributed by atoms with E-state index in [9.17, 15) is 4.79 Å². The Kier molecular flexibility index (Phi) is 6.86. The van der Waals surface area contributed by atoms with E-state index in [0.717, 1.165) is 36.5 Å². The van der Waals surface area contributed by atoms with Gasteiger partial charge >= 0.3 is 0 Å². The molecule has 0 spiro atoms. The third-order valence-corrected chi connectivity index (χ3v) is 6.12. The van der Waals surface area contributed by atoms with Gasteiger partial charge in [0, 0.05) is 32.7 Å². The first-order valence-electron chi connectivity index (χ1n) is 10.2. The topological polar surface area (TPSA) is 45.9 Å². The molecule has 4 rings (SSSR count). The van der Waals surface area contributed by atoms with E-state index in [1.807, 2.05) is 54.3 Å². The Hall–Kier alpha value is -2.47. The molecular weight excluding hydrogens is 435 g/mol. The van der Waals surface area contributed by atoms with Crippen LogP contribution in [-0.2, 0) is 13.2 Å². The largest absolute Gasteiger partial charge is 0.485 e. The third kappa shape index (κ3) is 5.42. The summed E-state index contributed by atoms with van der Waals surface area (Å²) in [6, 6.07) is 17.0. The minimum atomic E-state index is -0.0867. The first-order valence-corrected chi connectivity index (χ1v) is 11.0. The van der Waals surface area contributed by atoms with E-state index in [1.165, 1.54) is 0 Å². The number of hydrogen-bond acceptors (Lipinski definition) is 4. The maximum absolute atomic E-state index is 12.8. The number of aryl methyl sites for hydroxylation is 1. The van der Waals surface area contributed by atoms with Gasteiger partial charge in [-0.25, -0.2) is 0 Å². The first-order chi connectivity index (χ1) is 15.0. The van der Waals surface area contributed by atoms with E-state index in [2.05, 4.69) is 4.90 Å². The Morgan fingerprint density at radius 2 is 1.77 bits per heavy atom. The molecule has 0 bridgehead atoms. The van der Waals surface area contributed by atoms with E-state index in [-0.39, 0.29) is 12.5 Å². The fourth-order valence-corrected chi connectivity index (χ4v) is 3.92. The number of rotatable bonds is 6. The second-order valence-electron chi connectivity index (χ2n) is 7.64. The number of nitrogens with zero attached hydrogens (tertiary/aromatic N) is 2. The van der Waals surface area contributed by atoms with Crippen molar-refractivity contribution in [1.82, 2.24) is 9.80 Å². The van der Waals surface area contributed by atoms with Crippen LogP contribution in [0.25, 0.3) is 0 Å². The maximum atomic E-state index is 12.8. The molecule has 0 saturated carbocycles. The van der Waals surface area contributed by atoms with Crippen LogP contribution < -0.4 is 4.74 Å². The summed E-state index contributed by atoms with van der Waals surface area (Å²) in [7, 11) is 0. The zero-order valence-corrected chi connectivity index (χ0v) is 18.8. The van der Waals surface area contributed by atoms with Crippen LogP contribution >= 0.6 is 23.2 Å². The number of halogens is 2. The highest BCUT2D eigenvalue weighted by molar-refractivity contribution is 6.42. The highest BCUT2D eigenvalue weighted by Gasteiger charge is 2.24. The number of furan rings is 1. The second kappa shape index (κ2) is 9.77. The molecule has 0 radical (unpaired) electrons. The molecule has 0 atom stereocenters. The van der Waals surface area contributed by atoms with Crippen LogP contribution in [-0.4, -0.2) is 41.9 Å². The van der Waals surface area contributed by atoms with Crippen molar-refractivity contribution in [3.63, 3.8) is 0 Å². The van der Waals surface area contributed by atoms with Crippen LogP contribution in [0.15, 0.2) is 59.0 Å². The monoisotopic (exact) mass is 458 g/mol. The molecule has 1 saturated heterocycles. The number of carbonyl (C=O) groups is 1. The van der Waals surface area contributed by atoms with Crippen LogP contribution in [0.5, 0.6) is 5.75 Å². The number of piperazine rings is 1. The maximum Gasteiger partial charge on any atom is 0.289 e. The number of amides is 1. The summed E-state index contributed by atoms with van der Waals surface area (Å²) >= 11 is 12.1. The average Bonchev–Trinajstić information content (AvgIpc) is 3.25. The van der Waals surface area contributed by atoms with Crippen molar-refractivity contribution in [2.75, 3.05) is 26.2 Å². The highest BCUT2D eigenvalue weighted by Crippen LogP contribution is 2.24. The predicted octanol–water partition coefficient (Wildman–Crippen LogP) is 5.43. The number of hydrogen-bond donors (Lipinski definition) is 0. The van der Waals surface area contributed by atoms with E-state index >= 15 is 0 Å².